The summed E-state index contributed by atoms with van der Waals surface area (Å²) in [5.74, 6) is -0.00985. The normalized spacial score (nSPS) is 38.5. The maximum atomic E-state index is 12.1. The Balaban J connectivity index is 1.84. The van der Waals surface area contributed by atoms with Crippen LogP contribution in [0.5, 0.6) is 0 Å². The van der Waals surface area contributed by atoms with Crippen molar-refractivity contribution in [3.63, 3.8) is 0 Å². The van der Waals surface area contributed by atoms with Gasteiger partial charge in [-0.3, -0.25) is 4.79 Å². The van der Waals surface area contributed by atoms with E-state index in [0.29, 0.717) is 36.0 Å². The number of aliphatic hydroxyl groups is 1. The molecule has 1 N–H and O–H groups in total. The van der Waals surface area contributed by atoms with Crippen LogP contribution in [-0.2, 0) is 19.1 Å². The third-order valence-corrected chi connectivity index (χ3v) is 5.45. The Labute approximate surface area is 147 Å². The van der Waals surface area contributed by atoms with Crippen LogP contribution in [0.1, 0.15) is 40.5 Å². The summed E-state index contributed by atoms with van der Waals surface area (Å²) in [7, 11) is 0. The van der Waals surface area contributed by atoms with Crippen LogP contribution in [0, 0.1) is 5.41 Å². The number of aliphatic hydroxyl groups excluding tert-OH is 1. The van der Waals surface area contributed by atoms with E-state index >= 15 is 0 Å². The smallest absolute Gasteiger partial charge is 0.343 e. The number of hydrogen-bond acceptors (Lipinski definition) is 5. The first-order chi connectivity index (χ1) is 11.6. The van der Waals surface area contributed by atoms with Crippen LogP contribution in [0.15, 0.2) is 47.3 Å². The van der Waals surface area contributed by atoms with E-state index in [1.165, 1.54) is 6.08 Å². The van der Waals surface area contributed by atoms with Crippen LogP contribution in [0.4, 0.5) is 0 Å². The third kappa shape index (κ3) is 2.92. The van der Waals surface area contributed by atoms with Crippen molar-refractivity contribution in [2.75, 3.05) is 0 Å². The van der Waals surface area contributed by atoms with Crippen molar-refractivity contribution < 1.29 is 24.2 Å². The van der Waals surface area contributed by atoms with Crippen LogP contribution in [0.2, 0.25) is 0 Å². The monoisotopic (exact) mass is 344 g/mol. The first kappa shape index (κ1) is 17.8. The highest BCUT2D eigenvalue weighted by molar-refractivity contribution is 5.95. The molecule has 5 heteroatoms. The number of carbonyl (C=O) groups is 2. The van der Waals surface area contributed by atoms with Crippen molar-refractivity contribution in [1.29, 1.82) is 0 Å². The topological polar surface area (TPSA) is 76.1 Å². The van der Waals surface area contributed by atoms with E-state index < -0.39 is 17.2 Å². The Morgan fingerprint density at radius 1 is 1.32 bits per heavy atom. The molecule has 1 saturated heterocycles. The van der Waals surface area contributed by atoms with E-state index in [1.807, 2.05) is 13.0 Å². The Hall–Kier alpha value is -1.98. The Bertz CT molecular complexity index is 739. The molecule has 5 nitrogen and oxygen atoms in total. The first-order valence-corrected chi connectivity index (χ1v) is 8.48. The van der Waals surface area contributed by atoms with E-state index in [1.54, 1.807) is 25.2 Å². The van der Waals surface area contributed by atoms with Gasteiger partial charge >= 0.3 is 5.97 Å². The molecule has 0 aromatic rings. The molecular formula is C20H24O5. The fourth-order valence-corrected chi connectivity index (χ4v) is 4.26. The minimum atomic E-state index is -0.486. The summed E-state index contributed by atoms with van der Waals surface area (Å²) >= 11 is 0. The van der Waals surface area contributed by atoms with Crippen molar-refractivity contribution in [1.82, 2.24) is 0 Å². The molecule has 0 radical (unpaired) electrons. The Morgan fingerprint density at radius 2 is 2.04 bits per heavy atom. The van der Waals surface area contributed by atoms with Crippen LogP contribution >= 0.6 is 0 Å². The predicted octanol–water partition coefficient (Wildman–Crippen LogP) is 2.76. The number of aldehydes is 1. The van der Waals surface area contributed by atoms with E-state index in [2.05, 4.69) is 13.8 Å². The van der Waals surface area contributed by atoms with Crippen LogP contribution in [-0.4, -0.2) is 34.7 Å². The number of hydrogen-bond donors (Lipinski definition) is 1. The average molecular weight is 344 g/mol. The summed E-state index contributed by atoms with van der Waals surface area (Å²) < 4.78 is 11.3. The first-order valence-electron chi connectivity index (χ1n) is 8.48. The number of ether oxygens (including phenoxy) is 2. The summed E-state index contributed by atoms with van der Waals surface area (Å²) in [5.41, 5.74) is 0.0224. The van der Waals surface area contributed by atoms with Gasteiger partial charge in [0.05, 0.1) is 11.7 Å². The molecule has 134 valence electrons. The van der Waals surface area contributed by atoms with Gasteiger partial charge in [-0.25, -0.2) is 4.79 Å². The van der Waals surface area contributed by atoms with E-state index in [-0.39, 0.29) is 11.5 Å². The summed E-state index contributed by atoms with van der Waals surface area (Å²) in [5, 5.41) is 10.1. The minimum Gasteiger partial charge on any atom is -0.423 e. The molecule has 0 spiro atoms. The highest BCUT2D eigenvalue weighted by atomic mass is 16.6. The fraction of sp³-hybridized carbons (Fsp3) is 0.500. The molecule has 25 heavy (non-hydrogen) atoms. The molecule has 0 aromatic carbocycles. The molecule has 3 rings (SSSR count). The summed E-state index contributed by atoms with van der Waals surface area (Å²) in [4.78, 5) is 22.5. The van der Waals surface area contributed by atoms with Gasteiger partial charge in [-0.2, -0.15) is 0 Å². The molecule has 1 aliphatic carbocycles. The average Bonchev–Trinajstić information content (AvgIpc) is 2.94. The highest BCUT2D eigenvalue weighted by Gasteiger charge is 2.74. The van der Waals surface area contributed by atoms with Crippen LogP contribution in [0.25, 0.3) is 0 Å². The van der Waals surface area contributed by atoms with Gasteiger partial charge in [0, 0.05) is 11.8 Å². The largest absolute Gasteiger partial charge is 0.423 e. The zero-order valence-corrected chi connectivity index (χ0v) is 15.0. The van der Waals surface area contributed by atoms with Gasteiger partial charge in [0.25, 0.3) is 0 Å². The molecule has 3 atom stereocenters. The second-order valence-electron chi connectivity index (χ2n) is 7.93. The number of cyclic esters (lactones) is 1. The van der Waals surface area contributed by atoms with Gasteiger partial charge in [0.1, 0.15) is 23.2 Å². The predicted molar refractivity (Wildman–Crippen MR) is 92.5 cm³/mol. The van der Waals surface area contributed by atoms with Crippen molar-refractivity contribution in [2.24, 2.45) is 5.41 Å². The van der Waals surface area contributed by atoms with Gasteiger partial charge in [-0.05, 0) is 56.2 Å². The number of rotatable bonds is 4. The molecular weight excluding hydrogens is 320 g/mol. The van der Waals surface area contributed by atoms with Crippen LogP contribution in [0.3, 0.4) is 0 Å². The molecule has 0 amide bonds. The second-order valence-corrected chi connectivity index (χ2v) is 7.93. The van der Waals surface area contributed by atoms with E-state index in [9.17, 15) is 14.7 Å². The van der Waals surface area contributed by atoms with E-state index in [0.717, 1.165) is 0 Å². The zero-order chi connectivity index (χ0) is 18.5. The molecule has 2 heterocycles. The summed E-state index contributed by atoms with van der Waals surface area (Å²) in [6.07, 6.45) is 9.93. The summed E-state index contributed by atoms with van der Waals surface area (Å²) in [6, 6.07) is 0. The van der Waals surface area contributed by atoms with Gasteiger partial charge in [0.15, 0.2) is 0 Å². The zero-order valence-electron chi connectivity index (χ0n) is 15.0. The third-order valence-electron chi connectivity index (χ3n) is 5.45. The van der Waals surface area contributed by atoms with Gasteiger partial charge in [0.2, 0.25) is 0 Å². The quantitative estimate of drug-likeness (QED) is 0.367. The highest BCUT2D eigenvalue weighted by Crippen LogP contribution is 2.66. The maximum Gasteiger partial charge on any atom is 0.343 e. The fourth-order valence-electron chi connectivity index (χ4n) is 4.26. The second kappa shape index (κ2) is 5.78. The van der Waals surface area contributed by atoms with Crippen LogP contribution < -0.4 is 0 Å². The lowest BCUT2D eigenvalue weighted by atomic mass is 9.63. The minimum absolute atomic E-state index is 0.235. The van der Waals surface area contributed by atoms with E-state index in [4.69, 9.17) is 9.47 Å². The molecule has 1 saturated carbocycles. The lowest BCUT2D eigenvalue weighted by Crippen LogP contribution is -2.46. The number of fused-ring (bicyclic) bond motifs is 1. The molecule has 2 fully saturated rings. The Morgan fingerprint density at radius 3 is 2.68 bits per heavy atom. The lowest BCUT2D eigenvalue weighted by Gasteiger charge is -2.39. The van der Waals surface area contributed by atoms with Crippen molar-refractivity contribution in [3.05, 3.63) is 47.3 Å². The standard InChI is InChI=1S/C20H24O5/c1-13(6-8-21)9-16-10-14(17(23)24-16)5-7-20-18(2,3)11-15(22)12-19(20,4)25-20/h5-10,15,22H,11-12H2,1-4H3/b7-5+,13-6+,16-9-/t15-,19+,20-/m0/s1. The number of carbonyl (C=O) groups excluding carboxylic acids is 2. The molecule has 3 aliphatic rings. The van der Waals surface area contributed by atoms with Crippen molar-refractivity contribution in [3.8, 4) is 0 Å². The maximum absolute atomic E-state index is 12.1. The molecule has 2 aliphatic heterocycles. The van der Waals surface area contributed by atoms with Gasteiger partial charge in [-0.1, -0.05) is 13.8 Å². The Kier molecular flexibility index (Phi) is 4.12. The van der Waals surface area contributed by atoms with Gasteiger partial charge in [-0.15, -0.1) is 0 Å². The number of epoxide rings is 1. The number of allylic oxidation sites excluding steroid dienone is 4. The molecule has 0 aromatic heterocycles. The lowest BCUT2D eigenvalue weighted by molar-refractivity contribution is -0.132. The van der Waals surface area contributed by atoms with Gasteiger partial charge < -0.3 is 14.6 Å². The SMILES string of the molecule is CC(/C=C1C=C(/C=C/[C@@]23O[C@]2(C)C[C@@H](O)CC3(C)C)C(=O)O/1)=C\C=O. The molecule has 0 unspecified atom stereocenters. The van der Waals surface area contributed by atoms with Crippen molar-refractivity contribution >= 4 is 12.3 Å². The van der Waals surface area contributed by atoms with Crippen molar-refractivity contribution in [2.45, 2.75) is 57.8 Å². The summed E-state index contributed by atoms with van der Waals surface area (Å²) in [6.45, 7) is 7.91. The molecule has 0 bridgehead atoms. The number of esters is 1.